The molecule has 2 amide bonds. The van der Waals surface area contributed by atoms with E-state index in [2.05, 4.69) is 20.4 Å². The number of thiazole rings is 1. The van der Waals surface area contributed by atoms with Gasteiger partial charge in [-0.05, 0) is 12.1 Å². The van der Waals surface area contributed by atoms with Crippen molar-refractivity contribution in [2.24, 2.45) is 0 Å². The quantitative estimate of drug-likeness (QED) is 0.909. The summed E-state index contributed by atoms with van der Waals surface area (Å²) in [5.74, 6) is -0.491. The minimum atomic E-state index is -4.83. The lowest BCUT2D eigenvalue weighted by atomic mass is 10.3. The minimum absolute atomic E-state index is 0.0983. The Hall–Kier alpha value is -2.29. The molecule has 0 fully saturated rings. The number of rotatable bonds is 3. The van der Waals surface area contributed by atoms with Crippen LogP contribution in [0.3, 0.4) is 0 Å². The number of nitrogens with zero attached hydrogens (tertiary/aromatic N) is 1. The highest BCUT2D eigenvalue weighted by Crippen LogP contribution is 2.29. The third-order valence-corrected chi connectivity index (χ3v) is 2.70. The second kappa shape index (κ2) is 5.78. The van der Waals surface area contributed by atoms with Crippen LogP contribution in [-0.2, 0) is 0 Å². The number of amides is 2. The zero-order chi connectivity index (χ0) is 14.6. The number of alkyl halides is 3. The topological polar surface area (TPSA) is 63.2 Å². The molecule has 0 spiro atoms. The Labute approximate surface area is 115 Å². The van der Waals surface area contributed by atoms with E-state index >= 15 is 0 Å². The second-order valence-corrected chi connectivity index (χ2v) is 4.35. The highest BCUT2D eigenvalue weighted by molar-refractivity contribution is 7.13. The SMILES string of the molecule is O=C(Nc1nccs1)Nc1ccccc1OC(F)(F)F. The lowest BCUT2D eigenvalue weighted by molar-refractivity contribution is -0.274. The van der Waals surface area contributed by atoms with Crippen LogP contribution in [0, 0.1) is 0 Å². The second-order valence-electron chi connectivity index (χ2n) is 3.46. The monoisotopic (exact) mass is 303 g/mol. The van der Waals surface area contributed by atoms with Crippen molar-refractivity contribution < 1.29 is 22.7 Å². The molecule has 0 atom stereocenters. The van der Waals surface area contributed by atoms with Crippen LogP contribution in [0.1, 0.15) is 0 Å². The normalized spacial score (nSPS) is 10.9. The van der Waals surface area contributed by atoms with Crippen molar-refractivity contribution in [2.75, 3.05) is 10.6 Å². The van der Waals surface area contributed by atoms with E-state index in [1.54, 1.807) is 5.38 Å². The van der Waals surface area contributed by atoms with Crippen molar-refractivity contribution in [3.63, 3.8) is 0 Å². The molecule has 1 aromatic heterocycles. The smallest absolute Gasteiger partial charge is 0.404 e. The fourth-order valence-corrected chi connectivity index (χ4v) is 1.84. The first-order valence-electron chi connectivity index (χ1n) is 5.26. The first-order valence-corrected chi connectivity index (χ1v) is 6.14. The van der Waals surface area contributed by atoms with Crippen LogP contribution >= 0.6 is 11.3 Å². The third kappa shape index (κ3) is 4.12. The number of urea groups is 1. The summed E-state index contributed by atoms with van der Waals surface area (Å²) < 4.78 is 40.4. The Morgan fingerprint density at radius 3 is 2.65 bits per heavy atom. The molecular formula is C11H8F3N3O2S. The number of para-hydroxylation sites is 2. The number of hydrogen-bond acceptors (Lipinski definition) is 4. The highest BCUT2D eigenvalue weighted by Gasteiger charge is 2.32. The van der Waals surface area contributed by atoms with Gasteiger partial charge in [-0.2, -0.15) is 0 Å². The van der Waals surface area contributed by atoms with Crippen molar-refractivity contribution in [1.82, 2.24) is 4.98 Å². The van der Waals surface area contributed by atoms with Crippen molar-refractivity contribution in [3.05, 3.63) is 35.8 Å². The van der Waals surface area contributed by atoms with Gasteiger partial charge in [-0.1, -0.05) is 12.1 Å². The van der Waals surface area contributed by atoms with Crippen molar-refractivity contribution in [3.8, 4) is 5.75 Å². The van der Waals surface area contributed by atoms with Crippen LogP contribution in [-0.4, -0.2) is 17.4 Å². The Balaban J connectivity index is 2.07. The van der Waals surface area contributed by atoms with Gasteiger partial charge in [0.25, 0.3) is 0 Å². The van der Waals surface area contributed by atoms with Crippen molar-refractivity contribution in [1.29, 1.82) is 0 Å². The summed E-state index contributed by atoms with van der Waals surface area (Å²) >= 11 is 1.18. The number of carbonyl (C=O) groups excluding carboxylic acids is 1. The summed E-state index contributed by atoms with van der Waals surface area (Å²) in [5, 5.41) is 6.62. The number of benzene rings is 1. The molecule has 0 radical (unpaired) electrons. The number of halogens is 3. The van der Waals surface area contributed by atoms with E-state index < -0.39 is 18.1 Å². The van der Waals surface area contributed by atoms with Gasteiger partial charge in [-0.3, -0.25) is 5.32 Å². The molecule has 2 aromatic rings. The molecule has 9 heteroatoms. The van der Waals surface area contributed by atoms with E-state index in [4.69, 9.17) is 0 Å². The first kappa shape index (κ1) is 14.1. The van der Waals surface area contributed by atoms with E-state index in [0.717, 1.165) is 6.07 Å². The molecule has 0 unspecified atom stereocenters. The van der Waals surface area contributed by atoms with Gasteiger partial charge < -0.3 is 10.1 Å². The Morgan fingerprint density at radius 2 is 2.00 bits per heavy atom. The zero-order valence-corrected chi connectivity index (χ0v) is 10.6. The third-order valence-electron chi connectivity index (χ3n) is 2.01. The average molecular weight is 303 g/mol. The summed E-state index contributed by atoms with van der Waals surface area (Å²) in [7, 11) is 0. The molecule has 0 aliphatic heterocycles. The van der Waals surface area contributed by atoms with E-state index in [-0.39, 0.29) is 5.69 Å². The predicted octanol–water partition coefficient (Wildman–Crippen LogP) is 3.69. The number of carbonyl (C=O) groups is 1. The van der Waals surface area contributed by atoms with Gasteiger partial charge in [-0.25, -0.2) is 9.78 Å². The molecule has 0 saturated heterocycles. The van der Waals surface area contributed by atoms with Crippen molar-refractivity contribution in [2.45, 2.75) is 6.36 Å². The van der Waals surface area contributed by atoms with Crippen LogP contribution in [0.5, 0.6) is 5.75 Å². The van der Waals surface area contributed by atoms with Gasteiger partial charge in [0.15, 0.2) is 10.9 Å². The van der Waals surface area contributed by atoms with E-state index in [0.29, 0.717) is 5.13 Å². The molecule has 2 N–H and O–H groups in total. The van der Waals surface area contributed by atoms with Crippen LogP contribution < -0.4 is 15.4 Å². The molecule has 1 aromatic carbocycles. The lowest BCUT2D eigenvalue weighted by Crippen LogP contribution is -2.22. The maximum absolute atomic E-state index is 12.2. The van der Waals surface area contributed by atoms with Crippen molar-refractivity contribution >= 4 is 28.2 Å². The summed E-state index contributed by atoms with van der Waals surface area (Å²) in [6, 6.07) is 4.53. The summed E-state index contributed by atoms with van der Waals surface area (Å²) in [6.45, 7) is 0. The zero-order valence-electron chi connectivity index (χ0n) is 9.77. The molecule has 0 aliphatic rings. The van der Waals surface area contributed by atoms with Crippen LogP contribution in [0.2, 0.25) is 0 Å². The number of ether oxygens (including phenoxy) is 1. The lowest BCUT2D eigenvalue weighted by Gasteiger charge is -2.13. The number of nitrogens with one attached hydrogen (secondary N) is 2. The van der Waals surface area contributed by atoms with Crippen LogP contribution in [0.25, 0.3) is 0 Å². The summed E-state index contributed by atoms with van der Waals surface area (Å²) in [5.41, 5.74) is -0.0983. The number of anilines is 2. The van der Waals surface area contributed by atoms with Gasteiger partial charge in [0.05, 0.1) is 5.69 Å². The molecule has 1 heterocycles. The molecule has 0 saturated carbocycles. The van der Waals surface area contributed by atoms with Gasteiger partial charge in [-0.15, -0.1) is 24.5 Å². The maximum atomic E-state index is 12.2. The maximum Gasteiger partial charge on any atom is 0.573 e. The van der Waals surface area contributed by atoms with Gasteiger partial charge in [0.2, 0.25) is 0 Å². The Kier molecular flexibility index (Phi) is 4.08. The standard InChI is InChI=1S/C11H8F3N3O2S/c12-11(13,14)19-8-4-2-1-3-7(8)16-9(18)17-10-15-5-6-20-10/h1-6H,(H2,15,16,17,18). The first-order chi connectivity index (χ1) is 9.44. The molecule has 0 aliphatic carbocycles. The fraction of sp³-hybridized carbons (Fsp3) is 0.0909. The minimum Gasteiger partial charge on any atom is -0.404 e. The van der Waals surface area contributed by atoms with Crippen LogP contribution in [0.15, 0.2) is 35.8 Å². The summed E-state index contributed by atoms with van der Waals surface area (Å²) in [6.07, 6.45) is -3.34. The van der Waals surface area contributed by atoms with Gasteiger partial charge in [0, 0.05) is 11.6 Å². The molecule has 106 valence electrons. The molecular weight excluding hydrogens is 295 g/mol. The Morgan fingerprint density at radius 1 is 1.25 bits per heavy atom. The van der Waals surface area contributed by atoms with Gasteiger partial charge in [0.1, 0.15) is 0 Å². The van der Waals surface area contributed by atoms with Gasteiger partial charge >= 0.3 is 12.4 Å². The highest BCUT2D eigenvalue weighted by atomic mass is 32.1. The molecule has 20 heavy (non-hydrogen) atoms. The number of aromatic nitrogens is 1. The van der Waals surface area contributed by atoms with E-state index in [1.807, 2.05) is 0 Å². The summed E-state index contributed by atoms with van der Waals surface area (Å²) in [4.78, 5) is 15.4. The van der Waals surface area contributed by atoms with E-state index in [1.165, 1.54) is 35.7 Å². The van der Waals surface area contributed by atoms with E-state index in [9.17, 15) is 18.0 Å². The molecule has 2 rings (SSSR count). The fourth-order valence-electron chi connectivity index (χ4n) is 1.32. The largest absolute Gasteiger partial charge is 0.573 e. The molecule has 5 nitrogen and oxygen atoms in total. The number of hydrogen-bond donors (Lipinski definition) is 2. The Bertz CT molecular complexity index is 587. The predicted molar refractivity (Wildman–Crippen MR) is 67.9 cm³/mol. The van der Waals surface area contributed by atoms with Crippen LogP contribution in [0.4, 0.5) is 28.8 Å². The average Bonchev–Trinajstić information content (AvgIpc) is 2.82. The molecule has 0 bridgehead atoms.